The highest BCUT2D eigenvalue weighted by atomic mass is 16.5. The summed E-state index contributed by atoms with van der Waals surface area (Å²) in [7, 11) is 0. The van der Waals surface area contributed by atoms with Crippen LogP contribution in [0.5, 0.6) is 0 Å². The fourth-order valence-electron chi connectivity index (χ4n) is 8.55. The molecular weight excluding hydrogens is 791 g/mol. The van der Waals surface area contributed by atoms with Gasteiger partial charge in [0.05, 0.1) is 25.4 Å². The number of hydrogen-bond donors (Lipinski definition) is 3. The van der Waals surface area contributed by atoms with Crippen molar-refractivity contribution in [1.29, 1.82) is 0 Å². The van der Waals surface area contributed by atoms with Gasteiger partial charge in [-0.15, -0.1) is 0 Å². The second-order valence-electron chi connectivity index (χ2n) is 19.3. The number of amides is 1. The Labute approximate surface area is 398 Å². The van der Waals surface area contributed by atoms with Gasteiger partial charge in [0.25, 0.3) is 0 Å². The van der Waals surface area contributed by atoms with Crippen molar-refractivity contribution < 1.29 is 24.5 Å². The molecule has 0 saturated heterocycles. The summed E-state index contributed by atoms with van der Waals surface area (Å²) in [5.74, 6) is -0.0505. The molecule has 3 N–H and O–H groups in total. The molecule has 0 rings (SSSR count). The van der Waals surface area contributed by atoms with Crippen molar-refractivity contribution in [3.8, 4) is 0 Å². The Balaban J connectivity index is 3.42. The van der Waals surface area contributed by atoms with Gasteiger partial charge in [-0.2, -0.15) is 0 Å². The van der Waals surface area contributed by atoms with Crippen molar-refractivity contribution in [3.63, 3.8) is 0 Å². The molecule has 0 aliphatic carbocycles. The zero-order valence-electron chi connectivity index (χ0n) is 42.8. The van der Waals surface area contributed by atoms with Crippen molar-refractivity contribution in [2.75, 3.05) is 13.2 Å². The summed E-state index contributed by atoms with van der Waals surface area (Å²) in [5.41, 5.74) is 0. The average Bonchev–Trinajstić information content (AvgIpc) is 3.29. The summed E-state index contributed by atoms with van der Waals surface area (Å²) >= 11 is 0. The normalized spacial score (nSPS) is 12.9. The van der Waals surface area contributed by atoms with Crippen molar-refractivity contribution in [2.24, 2.45) is 0 Å². The van der Waals surface area contributed by atoms with E-state index in [2.05, 4.69) is 55.6 Å². The molecule has 0 aromatic rings. The lowest BCUT2D eigenvalue weighted by Gasteiger charge is -2.22. The molecular formula is C58H109NO5. The van der Waals surface area contributed by atoms with Crippen LogP contribution in [-0.4, -0.2) is 47.4 Å². The molecule has 0 aliphatic rings. The smallest absolute Gasteiger partial charge is 0.305 e. The highest BCUT2D eigenvalue weighted by Gasteiger charge is 2.20. The number of carbonyl (C=O) groups is 2. The van der Waals surface area contributed by atoms with Crippen molar-refractivity contribution in [3.05, 3.63) is 36.5 Å². The summed E-state index contributed by atoms with van der Waals surface area (Å²) in [4.78, 5) is 24.5. The number of esters is 1. The van der Waals surface area contributed by atoms with E-state index in [1.54, 1.807) is 0 Å². The van der Waals surface area contributed by atoms with E-state index in [1.165, 1.54) is 212 Å². The predicted molar refractivity (Wildman–Crippen MR) is 278 cm³/mol. The highest BCUT2D eigenvalue weighted by molar-refractivity contribution is 5.76. The summed E-state index contributed by atoms with van der Waals surface area (Å²) in [6.07, 6.45) is 65.6. The first-order valence-corrected chi connectivity index (χ1v) is 28.2. The maximum atomic E-state index is 12.4. The maximum Gasteiger partial charge on any atom is 0.305 e. The molecule has 0 saturated carbocycles. The van der Waals surface area contributed by atoms with E-state index in [0.717, 1.165) is 51.4 Å². The van der Waals surface area contributed by atoms with E-state index in [1.807, 2.05) is 0 Å². The van der Waals surface area contributed by atoms with E-state index in [4.69, 9.17) is 4.74 Å². The van der Waals surface area contributed by atoms with Gasteiger partial charge >= 0.3 is 5.97 Å². The Morgan fingerprint density at radius 2 is 0.781 bits per heavy atom. The molecule has 6 nitrogen and oxygen atoms in total. The summed E-state index contributed by atoms with van der Waals surface area (Å²) in [6.45, 7) is 4.90. The molecule has 0 spiro atoms. The van der Waals surface area contributed by atoms with E-state index in [-0.39, 0.29) is 18.5 Å². The van der Waals surface area contributed by atoms with E-state index in [9.17, 15) is 19.8 Å². The number of aliphatic hydroxyl groups excluding tert-OH is 2. The Kier molecular flexibility index (Phi) is 52.1. The number of allylic oxidation sites excluding steroid dienone is 6. The first-order valence-electron chi connectivity index (χ1n) is 28.2. The predicted octanol–water partition coefficient (Wildman–Crippen LogP) is 17.2. The van der Waals surface area contributed by atoms with E-state index in [0.29, 0.717) is 25.9 Å². The second kappa shape index (κ2) is 53.7. The standard InChI is InChI=1S/C58H109NO5/c1-3-5-7-9-11-13-15-16-24-28-32-36-40-44-48-52-58(63)64-53-49-45-41-37-33-29-26-23-21-19-17-18-20-22-25-27-31-35-39-43-47-51-57(62)59-55(54-60)56(61)50-46-42-38-34-30-14-12-10-8-6-4-2/h11,13,16,18,20,24,55-56,60-61H,3-10,12,14-15,17,19,21-23,25-54H2,1-2H3,(H,59,62)/b13-11-,20-18-,24-16-. The Morgan fingerprint density at radius 3 is 1.23 bits per heavy atom. The summed E-state index contributed by atoms with van der Waals surface area (Å²) < 4.78 is 5.47. The maximum absolute atomic E-state index is 12.4. The molecule has 376 valence electrons. The third-order valence-corrected chi connectivity index (χ3v) is 12.9. The van der Waals surface area contributed by atoms with E-state index < -0.39 is 12.1 Å². The first-order chi connectivity index (χ1) is 31.5. The Morgan fingerprint density at radius 1 is 0.438 bits per heavy atom. The average molecular weight is 901 g/mol. The molecule has 6 heteroatoms. The SMILES string of the molecule is CCCCC/C=C\C/C=C\CCCCCCCC(=O)OCCCCCCCCCCCC/C=C\CCCCCCCCCC(=O)NC(CO)C(O)CCCCCCCCCCCCC. The minimum absolute atomic E-state index is 0.00618. The zero-order valence-corrected chi connectivity index (χ0v) is 42.8. The molecule has 0 fully saturated rings. The number of hydrogen-bond acceptors (Lipinski definition) is 5. The lowest BCUT2D eigenvalue weighted by Crippen LogP contribution is -2.45. The van der Waals surface area contributed by atoms with Crippen molar-refractivity contribution in [1.82, 2.24) is 5.32 Å². The topological polar surface area (TPSA) is 95.9 Å². The van der Waals surface area contributed by atoms with Gasteiger partial charge in [-0.05, 0) is 83.5 Å². The molecule has 1 amide bonds. The molecule has 0 aromatic heterocycles. The van der Waals surface area contributed by atoms with Gasteiger partial charge in [0.1, 0.15) is 0 Å². The van der Waals surface area contributed by atoms with Gasteiger partial charge in [0.15, 0.2) is 0 Å². The van der Waals surface area contributed by atoms with Crippen LogP contribution in [0.15, 0.2) is 36.5 Å². The van der Waals surface area contributed by atoms with Gasteiger partial charge < -0.3 is 20.3 Å². The lowest BCUT2D eigenvalue weighted by molar-refractivity contribution is -0.143. The number of carbonyl (C=O) groups excluding carboxylic acids is 2. The first kappa shape index (κ1) is 62.1. The van der Waals surface area contributed by atoms with E-state index >= 15 is 0 Å². The summed E-state index contributed by atoms with van der Waals surface area (Å²) in [5, 5.41) is 23.2. The molecule has 0 heterocycles. The number of rotatable bonds is 52. The number of ether oxygens (including phenoxy) is 1. The molecule has 0 bridgehead atoms. The molecule has 2 atom stereocenters. The van der Waals surface area contributed by atoms with Crippen LogP contribution in [0.2, 0.25) is 0 Å². The minimum Gasteiger partial charge on any atom is -0.466 e. The van der Waals surface area contributed by atoms with Gasteiger partial charge in [-0.1, -0.05) is 237 Å². The monoisotopic (exact) mass is 900 g/mol. The van der Waals surface area contributed by atoms with Gasteiger partial charge in [0, 0.05) is 12.8 Å². The zero-order chi connectivity index (χ0) is 46.5. The third-order valence-electron chi connectivity index (χ3n) is 12.9. The van der Waals surface area contributed by atoms with Crippen LogP contribution >= 0.6 is 0 Å². The fourth-order valence-corrected chi connectivity index (χ4v) is 8.55. The molecule has 0 aromatic carbocycles. The lowest BCUT2D eigenvalue weighted by atomic mass is 10.0. The van der Waals surface area contributed by atoms with Crippen molar-refractivity contribution >= 4 is 11.9 Å². The Hall–Kier alpha value is -1.92. The van der Waals surface area contributed by atoms with Gasteiger partial charge in [-0.3, -0.25) is 9.59 Å². The quantitative estimate of drug-likeness (QED) is 0.0321. The van der Waals surface area contributed by atoms with Crippen LogP contribution in [0.3, 0.4) is 0 Å². The van der Waals surface area contributed by atoms with Crippen molar-refractivity contribution in [2.45, 2.75) is 309 Å². The third kappa shape index (κ3) is 49.5. The second-order valence-corrected chi connectivity index (χ2v) is 19.3. The fraction of sp³-hybridized carbons (Fsp3) is 0.862. The van der Waals surface area contributed by atoms with Crippen LogP contribution in [0, 0.1) is 0 Å². The Bertz CT molecular complexity index is 1040. The van der Waals surface area contributed by atoms with Crippen LogP contribution in [0.25, 0.3) is 0 Å². The number of unbranched alkanes of at least 4 members (excludes halogenated alkanes) is 35. The highest BCUT2D eigenvalue weighted by Crippen LogP contribution is 2.16. The van der Waals surface area contributed by atoms with Crippen LogP contribution in [-0.2, 0) is 14.3 Å². The van der Waals surface area contributed by atoms with Crippen LogP contribution < -0.4 is 5.32 Å². The number of aliphatic hydroxyl groups is 2. The van der Waals surface area contributed by atoms with Gasteiger partial charge in [0.2, 0.25) is 5.91 Å². The molecule has 0 aliphatic heterocycles. The van der Waals surface area contributed by atoms with Crippen LogP contribution in [0.4, 0.5) is 0 Å². The summed E-state index contributed by atoms with van der Waals surface area (Å²) in [6, 6.07) is -0.546. The minimum atomic E-state index is -0.668. The van der Waals surface area contributed by atoms with Crippen LogP contribution in [0.1, 0.15) is 296 Å². The molecule has 64 heavy (non-hydrogen) atoms. The van der Waals surface area contributed by atoms with Gasteiger partial charge in [-0.25, -0.2) is 0 Å². The molecule has 0 radical (unpaired) electrons. The number of nitrogens with one attached hydrogen (secondary N) is 1. The molecule has 2 unspecified atom stereocenters. The largest absolute Gasteiger partial charge is 0.466 e.